The Kier molecular flexibility index (Phi) is 8.84. The number of ether oxygens (including phenoxy) is 3. The molecule has 2 aromatic carbocycles. The number of amides is 1. The predicted molar refractivity (Wildman–Crippen MR) is 101 cm³/mol. The van der Waals surface area contributed by atoms with Gasteiger partial charge in [0.05, 0.1) is 32.6 Å². The Hall–Kier alpha value is -2.35. The monoisotopic (exact) mass is 384 g/mol. The van der Waals surface area contributed by atoms with Crippen LogP contribution in [-0.4, -0.2) is 33.3 Å². The van der Waals surface area contributed by atoms with E-state index in [1.54, 1.807) is 25.3 Å². The summed E-state index contributed by atoms with van der Waals surface area (Å²) in [5, 5.41) is 2.72. The van der Waals surface area contributed by atoms with E-state index in [4.69, 9.17) is 19.9 Å². The zero-order valence-corrected chi connectivity index (χ0v) is 15.4. The number of nitrogens with one attached hydrogen (secondary N) is 1. The molecule has 0 aliphatic heterocycles. The Morgan fingerprint density at radius 3 is 2.58 bits per heavy atom. The van der Waals surface area contributed by atoms with Crippen molar-refractivity contribution in [2.24, 2.45) is 0 Å². The van der Waals surface area contributed by atoms with Gasteiger partial charge in [-0.05, 0) is 36.4 Å². The van der Waals surface area contributed by atoms with Gasteiger partial charge < -0.3 is 25.3 Å². The number of benzene rings is 2. The van der Waals surface area contributed by atoms with Crippen LogP contribution in [0, 0.1) is 5.82 Å². The van der Waals surface area contributed by atoms with Crippen LogP contribution < -0.4 is 15.8 Å². The van der Waals surface area contributed by atoms with Crippen molar-refractivity contribution in [3.63, 3.8) is 0 Å². The number of carbonyl (C=O) groups excluding carboxylic acids is 1. The molecule has 0 aromatic heterocycles. The van der Waals surface area contributed by atoms with Crippen LogP contribution >= 0.6 is 12.4 Å². The fourth-order valence-corrected chi connectivity index (χ4v) is 2.17. The molecule has 2 rings (SSSR count). The summed E-state index contributed by atoms with van der Waals surface area (Å²) < 4.78 is 29.1. The lowest BCUT2D eigenvalue weighted by Crippen LogP contribution is -2.13. The van der Waals surface area contributed by atoms with Crippen LogP contribution in [0.2, 0.25) is 0 Å². The number of halogens is 2. The zero-order chi connectivity index (χ0) is 18.2. The van der Waals surface area contributed by atoms with E-state index in [1.807, 2.05) is 0 Å². The summed E-state index contributed by atoms with van der Waals surface area (Å²) in [5.41, 5.74) is 7.37. The van der Waals surface area contributed by atoms with Gasteiger partial charge in [0.25, 0.3) is 5.91 Å². The van der Waals surface area contributed by atoms with Gasteiger partial charge >= 0.3 is 0 Å². The molecular weight excluding hydrogens is 363 g/mol. The van der Waals surface area contributed by atoms with Gasteiger partial charge in [0, 0.05) is 23.9 Å². The minimum absolute atomic E-state index is 0. The minimum Gasteiger partial charge on any atom is -0.495 e. The maximum absolute atomic E-state index is 13.8. The number of hydrogen-bond donors (Lipinski definition) is 2. The van der Waals surface area contributed by atoms with Crippen LogP contribution in [0.15, 0.2) is 36.4 Å². The van der Waals surface area contributed by atoms with E-state index in [-0.39, 0.29) is 24.9 Å². The fraction of sp³-hybridized carbons (Fsp3) is 0.278. The molecule has 0 unspecified atom stereocenters. The quantitative estimate of drug-likeness (QED) is 0.539. The number of methoxy groups -OCH3 is 2. The highest BCUT2D eigenvalue weighted by Crippen LogP contribution is 2.25. The summed E-state index contributed by atoms with van der Waals surface area (Å²) in [4.78, 5) is 12.4. The van der Waals surface area contributed by atoms with Crippen molar-refractivity contribution in [3.8, 4) is 5.75 Å². The van der Waals surface area contributed by atoms with Crippen LogP contribution in [0.25, 0.3) is 0 Å². The third kappa shape index (κ3) is 5.87. The summed E-state index contributed by atoms with van der Waals surface area (Å²) in [6, 6.07) is 9.04. The molecule has 0 fully saturated rings. The molecule has 0 saturated carbocycles. The largest absolute Gasteiger partial charge is 0.495 e. The summed E-state index contributed by atoms with van der Waals surface area (Å²) in [6.07, 6.45) is 0. The van der Waals surface area contributed by atoms with Gasteiger partial charge in [0.2, 0.25) is 0 Å². The van der Waals surface area contributed by atoms with Crippen molar-refractivity contribution in [1.29, 1.82) is 0 Å². The topological polar surface area (TPSA) is 82.8 Å². The third-order valence-corrected chi connectivity index (χ3v) is 3.48. The molecule has 0 radical (unpaired) electrons. The maximum atomic E-state index is 13.8. The first kappa shape index (κ1) is 21.7. The molecule has 8 heteroatoms. The molecule has 2 aromatic rings. The molecule has 1 amide bonds. The number of nitrogen functional groups attached to an aromatic ring is 1. The lowest BCUT2D eigenvalue weighted by molar-refractivity contribution is 0.0604. The first-order valence-corrected chi connectivity index (χ1v) is 7.65. The zero-order valence-electron chi connectivity index (χ0n) is 14.6. The van der Waals surface area contributed by atoms with Gasteiger partial charge in [-0.2, -0.15) is 0 Å². The molecular formula is C18H22ClFN2O4. The lowest BCUT2D eigenvalue weighted by Gasteiger charge is -2.10. The van der Waals surface area contributed by atoms with Crippen molar-refractivity contribution < 1.29 is 23.4 Å². The van der Waals surface area contributed by atoms with Crippen molar-refractivity contribution in [1.82, 2.24) is 0 Å². The summed E-state index contributed by atoms with van der Waals surface area (Å²) >= 11 is 0. The molecule has 0 aliphatic carbocycles. The smallest absolute Gasteiger partial charge is 0.255 e. The number of rotatable bonds is 8. The van der Waals surface area contributed by atoms with E-state index in [9.17, 15) is 9.18 Å². The Morgan fingerprint density at radius 2 is 1.92 bits per heavy atom. The van der Waals surface area contributed by atoms with E-state index in [0.29, 0.717) is 41.5 Å². The molecule has 3 N–H and O–H groups in total. The summed E-state index contributed by atoms with van der Waals surface area (Å²) in [5.74, 6) is -0.277. The second kappa shape index (κ2) is 10.6. The predicted octanol–water partition coefficient (Wildman–Crippen LogP) is 3.25. The lowest BCUT2D eigenvalue weighted by atomic mass is 10.1. The standard InChI is InChI=1S/C18H21FN2O4.ClH/c1-23-7-8-25-11-13-9-12(3-5-15(13)19)18(22)21-14-4-6-17(24-2)16(20)10-14;/h3-6,9-10H,7-8,11,20H2,1-2H3,(H,21,22);1H. The van der Waals surface area contributed by atoms with Gasteiger partial charge in [-0.3, -0.25) is 4.79 Å². The maximum Gasteiger partial charge on any atom is 0.255 e. The third-order valence-electron chi connectivity index (χ3n) is 3.48. The van der Waals surface area contributed by atoms with Gasteiger partial charge in [0.15, 0.2) is 0 Å². The van der Waals surface area contributed by atoms with Gasteiger partial charge in [0.1, 0.15) is 11.6 Å². The highest BCUT2D eigenvalue weighted by Gasteiger charge is 2.11. The van der Waals surface area contributed by atoms with Gasteiger partial charge in [-0.15, -0.1) is 12.4 Å². The summed E-state index contributed by atoms with van der Waals surface area (Å²) in [7, 11) is 3.07. The molecule has 26 heavy (non-hydrogen) atoms. The van der Waals surface area contributed by atoms with Crippen molar-refractivity contribution in [2.75, 3.05) is 38.5 Å². The van der Waals surface area contributed by atoms with Crippen molar-refractivity contribution in [2.45, 2.75) is 6.61 Å². The van der Waals surface area contributed by atoms with E-state index in [2.05, 4.69) is 5.32 Å². The van der Waals surface area contributed by atoms with Crippen LogP contribution in [0.3, 0.4) is 0 Å². The SMILES string of the molecule is COCCOCc1cc(C(=O)Nc2ccc(OC)c(N)c2)ccc1F.Cl. The van der Waals surface area contributed by atoms with Gasteiger partial charge in [-0.1, -0.05) is 0 Å². The molecule has 6 nitrogen and oxygen atoms in total. The molecule has 142 valence electrons. The minimum atomic E-state index is -0.428. The first-order valence-electron chi connectivity index (χ1n) is 7.65. The summed E-state index contributed by atoms with van der Waals surface area (Å²) in [6.45, 7) is 0.823. The van der Waals surface area contributed by atoms with Crippen LogP contribution in [0.5, 0.6) is 5.75 Å². The molecule has 0 atom stereocenters. The van der Waals surface area contributed by atoms with E-state index in [1.165, 1.54) is 25.3 Å². The average molecular weight is 385 g/mol. The van der Waals surface area contributed by atoms with Crippen molar-refractivity contribution in [3.05, 3.63) is 53.3 Å². The average Bonchev–Trinajstić information content (AvgIpc) is 2.60. The van der Waals surface area contributed by atoms with Crippen LogP contribution in [0.4, 0.5) is 15.8 Å². The number of nitrogens with two attached hydrogens (primary N) is 1. The Bertz CT molecular complexity index is 743. The number of hydrogen-bond acceptors (Lipinski definition) is 5. The van der Waals surface area contributed by atoms with Crippen molar-refractivity contribution >= 4 is 29.7 Å². The highest BCUT2D eigenvalue weighted by atomic mass is 35.5. The Labute approximate surface area is 157 Å². The molecule has 0 heterocycles. The normalized spacial score (nSPS) is 10.1. The Balaban J connectivity index is 0.00000338. The van der Waals surface area contributed by atoms with Gasteiger partial charge in [-0.25, -0.2) is 4.39 Å². The van der Waals surface area contributed by atoms with E-state index in [0.717, 1.165) is 0 Å². The number of anilines is 2. The van der Waals surface area contributed by atoms with Crippen LogP contribution in [-0.2, 0) is 16.1 Å². The second-order valence-electron chi connectivity index (χ2n) is 5.26. The highest BCUT2D eigenvalue weighted by molar-refractivity contribution is 6.04. The molecule has 0 saturated heterocycles. The molecule has 0 bridgehead atoms. The molecule has 0 spiro atoms. The van der Waals surface area contributed by atoms with E-state index >= 15 is 0 Å². The molecule has 0 aliphatic rings. The number of carbonyl (C=O) groups is 1. The van der Waals surface area contributed by atoms with E-state index < -0.39 is 5.82 Å². The first-order chi connectivity index (χ1) is 12.0. The second-order valence-corrected chi connectivity index (χ2v) is 5.26. The fourth-order valence-electron chi connectivity index (χ4n) is 2.17. The van der Waals surface area contributed by atoms with Crippen LogP contribution in [0.1, 0.15) is 15.9 Å². The Morgan fingerprint density at radius 1 is 1.15 bits per heavy atom.